The number of carbonyl (C=O) groups is 1. The molecular formula is C19H30ClN3O3S. The fourth-order valence-corrected chi connectivity index (χ4v) is 5.77. The van der Waals surface area contributed by atoms with Crippen molar-refractivity contribution in [3.05, 3.63) is 29.8 Å². The normalized spacial score (nSPS) is 27.1. The van der Waals surface area contributed by atoms with Crippen LogP contribution < -0.4 is 5.32 Å². The molecule has 1 aromatic carbocycles. The summed E-state index contributed by atoms with van der Waals surface area (Å²) in [6, 6.07) is 6.75. The molecule has 2 aliphatic rings. The van der Waals surface area contributed by atoms with Gasteiger partial charge in [-0.05, 0) is 43.4 Å². The first-order valence-electron chi connectivity index (χ1n) is 9.40. The molecular weight excluding hydrogens is 386 g/mol. The van der Waals surface area contributed by atoms with Gasteiger partial charge in [0.25, 0.3) is 5.91 Å². The minimum atomic E-state index is -3.58. The third-order valence-corrected chi connectivity index (χ3v) is 7.04. The van der Waals surface area contributed by atoms with Gasteiger partial charge in [0.2, 0.25) is 10.0 Å². The number of halogens is 1. The van der Waals surface area contributed by atoms with Crippen LogP contribution in [0.5, 0.6) is 0 Å². The topological polar surface area (TPSA) is 69.7 Å². The zero-order valence-electron chi connectivity index (χ0n) is 16.2. The summed E-state index contributed by atoms with van der Waals surface area (Å²) in [6.07, 6.45) is 1.05. The second kappa shape index (κ2) is 8.90. The molecule has 27 heavy (non-hydrogen) atoms. The van der Waals surface area contributed by atoms with E-state index in [1.807, 2.05) is 6.92 Å². The lowest BCUT2D eigenvalue weighted by Crippen LogP contribution is -2.51. The van der Waals surface area contributed by atoms with Crippen LogP contribution in [0.1, 0.15) is 37.6 Å². The van der Waals surface area contributed by atoms with Crippen LogP contribution in [0, 0.1) is 11.8 Å². The van der Waals surface area contributed by atoms with Crippen LogP contribution in [-0.2, 0) is 10.0 Å². The van der Waals surface area contributed by atoms with Crippen LogP contribution in [0.2, 0.25) is 0 Å². The first kappa shape index (κ1) is 22.1. The third-order valence-electron chi connectivity index (χ3n) is 5.21. The Labute approximate surface area is 168 Å². The van der Waals surface area contributed by atoms with Crippen molar-refractivity contribution >= 4 is 28.3 Å². The van der Waals surface area contributed by atoms with Gasteiger partial charge in [0.1, 0.15) is 0 Å². The molecule has 0 saturated carbocycles. The van der Waals surface area contributed by atoms with E-state index in [9.17, 15) is 13.2 Å². The quantitative estimate of drug-likeness (QED) is 0.821. The highest BCUT2D eigenvalue weighted by Gasteiger charge is 2.32. The van der Waals surface area contributed by atoms with E-state index >= 15 is 0 Å². The molecule has 2 saturated heterocycles. The van der Waals surface area contributed by atoms with Crippen LogP contribution in [0.25, 0.3) is 0 Å². The van der Waals surface area contributed by atoms with Gasteiger partial charge in [-0.2, -0.15) is 4.31 Å². The molecule has 0 bridgehead atoms. The Hall–Kier alpha value is -1.15. The number of amides is 1. The Kier molecular flexibility index (Phi) is 7.30. The molecule has 6 nitrogen and oxygen atoms in total. The summed E-state index contributed by atoms with van der Waals surface area (Å²) >= 11 is 0. The molecule has 1 amide bonds. The first-order valence-corrected chi connectivity index (χ1v) is 10.8. The summed E-state index contributed by atoms with van der Waals surface area (Å²) in [4.78, 5) is 14.8. The van der Waals surface area contributed by atoms with Crippen LogP contribution in [0.3, 0.4) is 0 Å². The van der Waals surface area contributed by atoms with Gasteiger partial charge in [0, 0.05) is 44.3 Å². The molecule has 8 heteroatoms. The van der Waals surface area contributed by atoms with Crippen molar-refractivity contribution in [2.45, 2.75) is 38.1 Å². The SMILES string of the molecule is CC1CC(C)CN(S(=O)(=O)c2cccc(C(=O)N3CCNC(C)C3)c2)C1.Cl. The van der Waals surface area contributed by atoms with E-state index in [1.54, 1.807) is 27.4 Å². The summed E-state index contributed by atoms with van der Waals surface area (Å²) < 4.78 is 27.7. The number of benzene rings is 1. The van der Waals surface area contributed by atoms with Gasteiger partial charge in [0.15, 0.2) is 0 Å². The molecule has 2 aliphatic heterocycles. The minimum absolute atomic E-state index is 0. The summed E-state index contributed by atoms with van der Waals surface area (Å²) in [7, 11) is -3.58. The second-order valence-corrected chi connectivity index (χ2v) is 9.84. The molecule has 3 rings (SSSR count). The van der Waals surface area contributed by atoms with Crippen molar-refractivity contribution in [3.63, 3.8) is 0 Å². The second-order valence-electron chi connectivity index (χ2n) is 7.90. The maximum Gasteiger partial charge on any atom is 0.253 e. The predicted octanol–water partition coefficient (Wildman–Crippen LogP) is 2.21. The Balaban J connectivity index is 0.00000261. The lowest BCUT2D eigenvalue weighted by molar-refractivity contribution is 0.0709. The molecule has 2 heterocycles. The van der Waals surface area contributed by atoms with E-state index in [0.717, 1.165) is 13.0 Å². The molecule has 152 valence electrons. The van der Waals surface area contributed by atoms with E-state index in [1.165, 1.54) is 6.07 Å². The summed E-state index contributed by atoms with van der Waals surface area (Å²) in [5.74, 6) is 0.595. The maximum atomic E-state index is 13.1. The fourth-order valence-electron chi connectivity index (χ4n) is 4.04. The van der Waals surface area contributed by atoms with Crippen LogP contribution in [0.15, 0.2) is 29.2 Å². The van der Waals surface area contributed by atoms with Gasteiger partial charge >= 0.3 is 0 Å². The van der Waals surface area contributed by atoms with E-state index in [-0.39, 0.29) is 29.3 Å². The molecule has 0 radical (unpaired) electrons. The average molecular weight is 416 g/mol. The van der Waals surface area contributed by atoms with Gasteiger partial charge in [-0.3, -0.25) is 4.79 Å². The average Bonchev–Trinajstić information content (AvgIpc) is 2.60. The van der Waals surface area contributed by atoms with Crippen LogP contribution in [0.4, 0.5) is 0 Å². The highest BCUT2D eigenvalue weighted by molar-refractivity contribution is 7.89. The number of nitrogens with one attached hydrogen (secondary N) is 1. The molecule has 0 aromatic heterocycles. The van der Waals surface area contributed by atoms with Gasteiger partial charge in [-0.15, -0.1) is 12.4 Å². The van der Waals surface area contributed by atoms with Crippen molar-refractivity contribution in [2.24, 2.45) is 11.8 Å². The molecule has 1 aromatic rings. The van der Waals surface area contributed by atoms with Crippen molar-refractivity contribution in [3.8, 4) is 0 Å². The smallest absolute Gasteiger partial charge is 0.253 e. The number of piperidine rings is 1. The first-order chi connectivity index (χ1) is 12.3. The van der Waals surface area contributed by atoms with Gasteiger partial charge in [-0.1, -0.05) is 19.9 Å². The third kappa shape index (κ3) is 5.02. The number of hydrogen-bond acceptors (Lipinski definition) is 4. The van der Waals surface area contributed by atoms with E-state index in [4.69, 9.17) is 0 Å². The Morgan fingerprint density at radius 2 is 1.78 bits per heavy atom. The van der Waals surface area contributed by atoms with Crippen LogP contribution in [-0.4, -0.2) is 62.3 Å². The summed E-state index contributed by atoms with van der Waals surface area (Å²) in [5.41, 5.74) is 0.443. The Bertz CT molecular complexity index is 761. The van der Waals surface area contributed by atoms with Crippen molar-refractivity contribution in [2.75, 3.05) is 32.7 Å². The van der Waals surface area contributed by atoms with E-state index in [0.29, 0.717) is 43.6 Å². The van der Waals surface area contributed by atoms with Crippen molar-refractivity contribution < 1.29 is 13.2 Å². The van der Waals surface area contributed by atoms with E-state index in [2.05, 4.69) is 19.2 Å². The van der Waals surface area contributed by atoms with Crippen molar-refractivity contribution in [1.82, 2.24) is 14.5 Å². The zero-order chi connectivity index (χ0) is 18.9. The number of sulfonamides is 1. The lowest BCUT2D eigenvalue weighted by atomic mass is 9.94. The maximum absolute atomic E-state index is 13.1. The Morgan fingerprint density at radius 1 is 1.11 bits per heavy atom. The Morgan fingerprint density at radius 3 is 2.41 bits per heavy atom. The molecule has 0 spiro atoms. The fraction of sp³-hybridized carbons (Fsp3) is 0.632. The van der Waals surface area contributed by atoms with Gasteiger partial charge < -0.3 is 10.2 Å². The monoisotopic (exact) mass is 415 g/mol. The van der Waals surface area contributed by atoms with Crippen LogP contribution >= 0.6 is 12.4 Å². The van der Waals surface area contributed by atoms with Crippen molar-refractivity contribution in [1.29, 1.82) is 0 Å². The number of carbonyl (C=O) groups excluding carboxylic acids is 1. The molecule has 2 fully saturated rings. The summed E-state index contributed by atoms with van der Waals surface area (Å²) in [5, 5.41) is 3.31. The van der Waals surface area contributed by atoms with Gasteiger partial charge in [-0.25, -0.2) is 8.42 Å². The highest BCUT2D eigenvalue weighted by Crippen LogP contribution is 2.27. The predicted molar refractivity (Wildman–Crippen MR) is 109 cm³/mol. The zero-order valence-corrected chi connectivity index (χ0v) is 17.9. The molecule has 3 atom stereocenters. The standard InChI is InChI=1S/C19H29N3O3S.ClH/c1-14-9-15(2)12-22(11-14)26(24,25)18-6-4-5-17(10-18)19(23)21-8-7-20-16(3)13-21;/h4-6,10,14-16,20H,7-9,11-13H2,1-3H3;1H. The lowest BCUT2D eigenvalue weighted by Gasteiger charge is -2.34. The molecule has 1 N–H and O–H groups in total. The number of hydrogen-bond donors (Lipinski definition) is 1. The minimum Gasteiger partial charge on any atom is -0.336 e. The number of piperazine rings is 1. The largest absolute Gasteiger partial charge is 0.336 e. The molecule has 0 aliphatic carbocycles. The van der Waals surface area contributed by atoms with Gasteiger partial charge in [0.05, 0.1) is 4.90 Å². The molecule has 3 unspecified atom stereocenters. The highest BCUT2D eigenvalue weighted by atomic mass is 35.5. The number of nitrogens with zero attached hydrogens (tertiary/aromatic N) is 2. The number of rotatable bonds is 3. The van der Waals surface area contributed by atoms with E-state index < -0.39 is 10.0 Å². The summed E-state index contributed by atoms with van der Waals surface area (Å²) in [6.45, 7) is 9.33.